The van der Waals surface area contributed by atoms with Crippen LogP contribution < -0.4 is 15.6 Å². The van der Waals surface area contributed by atoms with E-state index in [1.165, 1.54) is 41.1 Å². The van der Waals surface area contributed by atoms with Crippen molar-refractivity contribution in [3.05, 3.63) is 82.5 Å². The number of hydrogen-bond donors (Lipinski definition) is 2. The summed E-state index contributed by atoms with van der Waals surface area (Å²) in [4.78, 5) is 37.7. The molecule has 1 aromatic carbocycles. The summed E-state index contributed by atoms with van der Waals surface area (Å²) in [5.74, 6) is -0.639. The van der Waals surface area contributed by atoms with Crippen LogP contribution in [0.25, 0.3) is 11.0 Å². The molecule has 0 aliphatic carbocycles. The average molecular weight is 465 g/mol. The summed E-state index contributed by atoms with van der Waals surface area (Å²) in [7, 11) is -3.92. The summed E-state index contributed by atoms with van der Waals surface area (Å²) >= 11 is 0. The molecule has 0 spiro atoms. The van der Waals surface area contributed by atoms with Gasteiger partial charge in [-0.05, 0) is 62.4 Å². The molecule has 4 rings (SSSR count). The molecule has 33 heavy (non-hydrogen) atoms. The minimum Gasteiger partial charge on any atom is -0.322 e. The Balaban J connectivity index is 1.57. The molecule has 0 unspecified atom stereocenters. The van der Waals surface area contributed by atoms with Gasteiger partial charge in [0.2, 0.25) is 5.95 Å². The number of benzene rings is 1. The van der Waals surface area contributed by atoms with E-state index in [2.05, 4.69) is 25.0 Å². The lowest BCUT2D eigenvalue weighted by atomic mass is 10.2. The zero-order valence-electron chi connectivity index (χ0n) is 17.8. The number of nitrogens with zero attached hydrogens (tertiary/aromatic N) is 4. The number of sulfonamides is 1. The lowest BCUT2D eigenvalue weighted by molar-refractivity contribution is 0.102. The quantitative estimate of drug-likeness (QED) is 0.447. The SMILES string of the molecule is CCn1c(=O)c(C(=O)Nc2ccc(S(=O)(=O)Nc3nccc(C)n3)cc2)cc2cccnc21. The van der Waals surface area contributed by atoms with Crippen LogP contribution >= 0.6 is 0 Å². The maximum Gasteiger partial charge on any atom is 0.265 e. The van der Waals surface area contributed by atoms with E-state index < -0.39 is 21.5 Å². The van der Waals surface area contributed by atoms with Crippen molar-refractivity contribution in [1.29, 1.82) is 0 Å². The number of fused-ring (bicyclic) bond motifs is 1. The molecular weight excluding hydrogens is 444 g/mol. The molecule has 0 aliphatic rings. The summed E-state index contributed by atoms with van der Waals surface area (Å²) in [5.41, 5.74) is 0.961. The lowest BCUT2D eigenvalue weighted by Gasteiger charge is -2.11. The van der Waals surface area contributed by atoms with E-state index in [4.69, 9.17) is 0 Å². The maximum atomic E-state index is 12.8. The van der Waals surface area contributed by atoms with Crippen LogP contribution in [-0.2, 0) is 16.6 Å². The summed E-state index contributed by atoms with van der Waals surface area (Å²) in [6, 6.07) is 12.2. The molecule has 0 aliphatic heterocycles. The highest BCUT2D eigenvalue weighted by Gasteiger charge is 2.18. The third-order valence-electron chi connectivity index (χ3n) is 4.85. The summed E-state index contributed by atoms with van der Waals surface area (Å²) < 4.78 is 28.9. The van der Waals surface area contributed by atoms with Crippen molar-refractivity contribution in [1.82, 2.24) is 19.5 Å². The van der Waals surface area contributed by atoms with Crippen LogP contribution in [0.3, 0.4) is 0 Å². The number of carbonyl (C=O) groups is 1. The molecule has 168 valence electrons. The molecule has 3 heterocycles. The molecule has 1 amide bonds. The van der Waals surface area contributed by atoms with Gasteiger partial charge in [0.1, 0.15) is 11.2 Å². The molecule has 11 heteroatoms. The standard InChI is InChI=1S/C22H20N6O4S/c1-3-28-19-15(5-4-11-23-19)13-18(21(28)30)20(29)26-16-6-8-17(9-7-16)33(31,32)27-22-24-12-10-14(2)25-22/h4-13H,3H2,1-2H3,(H,26,29)(H,24,25,27). The van der Waals surface area contributed by atoms with Crippen LogP contribution in [0, 0.1) is 6.92 Å². The first-order valence-corrected chi connectivity index (χ1v) is 11.5. The van der Waals surface area contributed by atoms with Gasteiger partial charge in [-0.3, -0.25) is 14.2 Å². The first kappa shape index (κ1) is 22.1. The Morgan fingerprint density at radius 2 is 1.82 bits per heavy atom. The zero-order valence-corrected chi connectivity index (χ0v) is 18.6. The van der Waals surface area contributed by atoms with E-state index in [-0.39, 0.29) is 16.4 Å². The van der Waals surface area contributed by atoms with Gasteiger partial charge < -0.3 is 5.32 Å². The van der Waals surface area contributed by atoms with E-state index in [1.54, 1.807) is 38.2 Å². The van der Waals surface area contributed by atoms with Gasteiger partial charge in [-0.2, -0.15) is 0 Å². The first-order valence-electron chi connectivity index (χ1n) is 10.0. The molecule has 0 radical (unpaired) electrons. The molecular formula is C22H20N6O4S. The molecule has 3 aromatic heterocycles. The van der Waals surface area contributed by atoms with Gasteiger partial charge >= 0.3 is 0 Å². The molecule has 0 fully saturated rings. The predicted molar refractivity (Wildman–Crippen MR) is 124 cm³/mol. The second-order valence-corrected chi connectivity index (χ2v) is 8.81. The van der Waals surface area contributed by atoms with Crippen LogP contribution in [0.15, 0.2) is 70.6 Å². The second kappa shape index (κ2) is 8.79. The van der Waals surface area contributed by atoms with Crippen molar-refractivity contribution in [2.45, 2.75) is 25.3 Å². The summed E-state index contributed by atoms with van der Waals surface area (Å²) in [6.07, 6.45) is 3.04. The van der Waals surface area contributed by atoms with Crippen LogP contribution in [0.1, 0.15) is 23.0 Å². The number of hydrogen-bond acceptors (Lipinski definition) is 7. The number of aromatic nitrogens is 4. The van der Waals surface area contributed by atoms with Gasteiger partial charge in [0.15, 0.2) is 0 Å². The van der Waals surface area contributed by atoms with E-state index >= 15 is 0 Å². The fraction of sp³-hybridized carbons (Fsp3) is 0.136. The van der Waals surface area contributed by atoms with Crippen molar-refractivity contribution in [3.8, 4) is 0 Å². The third kappa shape index (κ3) is 4.58. The van der Waals surface area contributed by atoms with Gasteiger partial charge in [0.05, 0.1) is 4.90 Å². The van der Waals surface area contributed by atoms with Crippen molar-refractivity contribution >= 4 is 38.6 Å². The van der Waals surface area contributed by atoms with Crippen LogP contribution in [-0.4, -0.2) is 33.8 Å². The van der Waals surface area contributed by atoms with Crippen LogP contribution in [0.2, 0.25) is 0 Å². The van der Waals surface area contributed by atoms with E-state index in [0.29, 0.717) is 29.0 Å². The predicted octanol–water partition coefficient (Wildman–Crippen LogP) is 2.57. The summed E-state index contributed by atoms with van der Waals surface area (Å²) in [6.45, 7) is 3.88. The van der Waals surface area contributed by atoms with Gasteiger partial charge in [-0.1, -0.05) is 0 Å². The lowest BCUT2D eigenvalue weighted by Crippen LogP contribution is -2.29. The van der Waals surface area contributed by atoms with Crippen molar-refractivity contribution in [3.63, 3.8) is 0 Å². The Kier molecular flexibility index (Phi) is 5.88. The number of anilines is 2. The Morgan fingerprint density at radius 3 is 2.52 bits per heavy atom. The van der Waals surface area contributed by atoms with Gasteiger partial charge in [-0.15, -0.1) is 0 Å². The maximum absolute atomic E-state index is 12.8. The topological polar surface area (TPSA) is 136 Å². The van der Waals surface area contributed by atoms with Gasteiger partial charge in [0.25, 0.3) is 21.5 Å². The highest BCUT2D eigenvalue weighted by molar-refractivity contribution is 7.92. The minimum absolute atomic E-state index is 0.0317. The van der Waals surface area contributed by atoms with E-state index in [1.807, 2.05) is 0 Å². The van der Waals surface area contributed by atoms with Crippen molar-refractivity contribution in [2.24, 2.45) is 0 Å². The number of nitrogens with one attached hydrogen (secondary N) is 2. The monoisotopic (exact) mass is 464 g/mol. The minimum atomic E-state index is -3.92. The smallest absolute Gasteiger partial charge is 0.265 e. The first-order chi connectivity index (χ1) is 15.8. The fourth-order valence-corrected chi connectivity index (χ4v) is 4.21. The number of pyridine rings is 2. The van der Waals surface area contributed by atoms with Crippen LogP contribution in [0.5, 0.6) is 0 Å². The largest absolute Gasteiger partial charge is 0.322 e. The highest BCUT2D eigenvalue weighted by Crippen LogP contribution is 2.18. The van der Waals surface area contributed by atoms with E-state index in [9.17, 15) is 18.0 Å². The molecule has 2 N–H and O–H groups in total. The molecule has 0 saturated carbocycles. The van der Waals surface area contributed by atoms with Crippen molar-refractivity contribution < 1.29 is 13.2 Å². The number of amides is 1. The molecule has 4 aromatic rings. The van der Waals surface area contributed by atoms with Crippen molar-refractivity contribution in [2.75, 3.05) is 10.0 Å². The zero-order chi connectivity index (χ0) is 23.6. The van der Waals surface area contributed by atoms with Gasteiger partial charge in [-0.25, -0.2) is 28.1 Å². The van der Waals surface area contributed by atoms with E-state index in [0.717, 1.165) is 0 Å². The molecule has 0 bridgehead atoms. The Labute approximate surface area is 189 Å². The second-order valence-electron chi connectivity index (χ2n) is 7.13. The highest BCUT2D eigenvalue weighted by atomic mass is 32.2. The normalized spacial score (nSPS) is 11.3. The fourth-order valence-electron chi connectivity index (χ4n) is 3.26. The Morgan fingerprint density at radius 1 is 1.06 bits per heavy atom. The average Bonchev–Trinajstić information content (AvgIpc) is 2.78. The molecule has 10 nitrogen and oxygen atoms in total. The molecule has 0 saturated heterocycles. The Bertz CT molecular complexity index is 1510. The number of aryl methyl sites for hydroxylation is 2. The third-order valence-corrected chi connectivity index (χ3v) is 6.20. The van der Waals surface area contributed by atoms with Crippen LogP contribution in [0.4, 0.5) is 11.6 Å². The number of carbonyl (C=O) groups excluding carboxylic acids is 1. The summed E-state index contributed by atoms with van der Waals surface area (Å²) in [5, 5.41) is 3.30. The Hall–Kier alpha value is -4.12. The molecule has 0 atom stereocenters. The number of rotatable bonds is 6. The van der Waals surface area contributed by atoms with Gasteiger partial charge in [0, 0.05) is 35.7 Å².